The second-order valence-electron chi connectivity index (χ2n) is 7.96. The number of hydrogen-bond donors (Lipinski definition) is 1. The van der Waals surface area contributed by atoms with Crippen LogP contribution in [0.15, 0.2) is 84.4 Å². The van der Waals surface area contributed by atoms with Crippen molar-refractivity contribution in [3.63, 3.8) is 0 Å². The molecule has 6 heteroatoms. The zero-order chi connectivity index (χ0) is 24.1. The van der Waals surface area contributed by atoms with Gasteiger partial charge in [0.05, 0.1) is 25.3 Å². The Morgan fingerprint density at radius 1 is 0.941 bits per heavy atom. The van der Waals surface area contributed by atoms with Crippen molar-refractivity contribution in [1.29, 1.82) is 0 Å². The van der Waals surface area contributed by atoms with Gasteiger partial charge in [-0.2, -0.15) is 0 Å². The Hall–Kier alpha value is -4.06. The number of carbonyl (C=O) groups is 2. The molecule has 174 valence electrons. The molecule has 3 aromatic carbocycles. The van der Waals surface area contributed by atoms with Crippen LogP contribution in [0.1, 0.15) is 29.7 Å². The summed E-state index contributed by atoms with van der Waals surface area (Å²) in [6.45, 7) is 2.71. The van der Waals surface area contributed by atoms with E-state index in [1.807, 2.05) is 61.5 Å². The topological polar surface area (TPSA) is 76.1 Å². The zero-order valence-electron chi connectivity index (χ0n) is 19.2. The third-order valence-corrected chi connectivity index (χ3v) is 5.87. The minimum atomic E-state index is -0.730. The summed E-state index contributed by atoms with van der Waals surface area (Å²) < 4.78 is 10.8. The summed E-state index contributed by atoms with van der Waals surface area (Å²) in [4.78, 5) is 27.9. The molecule has 1 aliphatic heterocycles. The van der Waals surface area contributed by atoms with Crippen LogP contribution in [-0.4, -0.2) is 42.0 Å². The number of methoxy groups -OCH3 is 1. The van der Waals surface area contributed by atoms with E-state index in [-0.39, 0.29) is 11.3 Å². The molecule has 0 aromatic heterocycles. The fourth-order valence-electron chi connectivity index (χ4n) is 4.20. The molecule has 3 aromatic rings. The van der Waals surface area contributed by atoms with Crippen molar-refractivity contribution in [2.24, 2.45) is 0 Å². The van der Waals surface area contributed by atoms with Gasteiger partial charge in [-0.3, -0.25) is 9.59 Å². The van der Waals surface area contributed by atoms with Gasteiger partial charge in [0.1, 0.15) is 17.3 Å². The van der Waals surface area contributed by atoms with Gasteiger partial charge in [-0.15, -0.1) is 0 Å². The maximum absolute atomic E-state index is 13.2. The Kier molecular flexibility index (Phi) is 6.97. The van der Waals surface area contributed by atoms with E-state index in [9.17, 15) is 14.7 Å². The highest BCUT2D eigenvalue weighted by Crippen LogP contribution is 2.40. The molecular weight excluding hydrogens is 430 g/mol. The number of amides is 1. The molecule has 1 atom stereocenters. The van der Waals surface area contributed by atoms with Gasteiger partial charge in [0.2, 0.25) is 0 Å². The largest absolute Gasteiger partial charge is 0.507 e. The third kappa shape index (κ3) is 4.66. The minimum Gasteiger partial charge on any atom is -0.507 e. The quantitative estimate of drug-likeness (QED) is 0.300. The van der Waals surface area contributed by atoms with E-state index in [1.165, 1.54) is 4.90 Å². The normalized spacial score (nSPS) is 17.1. The van der Waals surface area contributed by atoms with Gasteiger partial charge in [-0.25, -0.2) is 0 Å². The predicted octanol–water partition coefficient (Wildman–Crippen LogP) is 4.76. The molecule has 1 fully saturated rings. The van der Waals surface area contributed by atoms with E-state index in [4.69, 9.17) is 9.47 Å². The molecular formula is C28H27NO5. The van der Waals surface area contributed by atoms with Crippen molar-refractivity contribution in [1.82, 2.24) is 4.90 Å². The molecule has 6 nitrogen and oxygen atoms in total. The van der Waals surface area contributed by atoms with Crippen molar-refractivity contribution < 1.29 is 24.2 Å². The number of ether oxygens (including phenoxy) is 2. The first-order chi connectivity index (χ1) is 16.5. The highest BCUT2D eigenvalue weighted by molar-refractivity contribution is 6.46. The number of hydrogen-bond acceptors (Lipinski definition) is 5. The van der Waals surface area contributed by atoms with Gasteiger partial charge in [-0.1, -0.05) is 42.5 Å². The second kappa shape index (κ2) is 10.3. The lowest BCUT2D eigenvalue weighted by Gasteiger charge is -2.25. The van der Waals surface area contributed by atoms with E-state index in [0.717, 1.165) is 5.56 Å². The summed E-state index contributed by atoms with van der Waals surface area (Å²) in [5.74, 6) is -0.278. The molecule has 1 unspecified atom stereocenters. The van der Waals surface area contributed by atoms with E-state index in [2.05, 4.69) is 0 Å². The van der Waals surface area contributed by atoms with E-state index in [1.54, 1.807) is 31.4 Å². The van der Waals surface area contributed by atoms with Crippen LogP contribution in [0, 0.1) is 0 Å². The van der Waals surface area contributed by atoms with Gasteiger partial charge in [0, 0.05) is 12.1 Å². The minimum absolute atomic E-state index is 0.0666. The Balaban J connectivity index is 1.78. The Morgan fingerprint density at radius 2 is 1.68 bits per heavy atom. The van der Waals surface area contributed by atoms with Crippen molar-refractivity contribution in [3.8, 4) is 11.5 Å². The van der Waals surface area contributed by atoms with Crippen molar-refractivity contribution in [2.75, 3.05) is 20.3 Å². The molecule has 34 heavy (non-hydrogen) atoms. The summed E-state index contributed by atoms with van der Waals surface area (Å²) in [6, 6.07) is 23.1. The molecule has 0 bridgehead atoms. The van der Waals surface area contributed by atoms with Gasteiger partial charge < -0.3 is 19.5 Å². The Morgan fingerprint density at radius 3 is 2.35 bits per heavy atom. The number of aliphatic hydroxyl groups excluding tert-OH is 1. The lowest BCUT2D eigenvalue weighted by Crippen LogP contribution is -2.31. The lowest BCUT2D eigenvalue weighted by molar-refractivity contribution is -0.139. The number of aliphatic hydroxyl groups is 1. The Labute approximate surface area is 199 Å². The smallest absolute Gasteiger partial charge is 0.295 e. The van der Waals surface area contributed by atoms with Gasteiger partial charge in [0.25, 0.3) is 11.7 Å². The van der Waals surface area contributed by atoms with Crippen molar-refractivity contribution >= 4 is 17.4 Å². The molecule has 0 spiro atoms. The van der Waals surface area contributed by atoms with Gasteiger partial charge in [0.15, 0.2) is 0 Å². The highest BCUT2D eigenvalue weighted by Gasteiger charge is 2.45. The highest BCUT2D eigenvalue weighted by atomic mass is 16.5. The monoisotopic (exact) mass is 457 g/mol. The molecule has 1 saturated heterocycles. The number of benzene rings is 3. The molecule has 0 aliphatic carbocycles. The average Bonchev–Trinajstić information content (AvgIpc) is 3.13. The number of rotatable bonds is 8. The first-order valence-electron chi connectivity index (χ1n) is 11.2. The van der Waals surface area contributed by atoms with Crippen LogP contribution >= 0.6 is 0 Å². The lowest BCUT2D eigenvalue weighted by atomic mass is 9.95. The van der Waals surface area contributed by atoms with Crippen LogP contribution in [0.2, 0.25) is 0 Å². The van der Waals surface area contributed by atoms with Crippen LogP contribution < -0.4 is 9.47 Å². The van der Waals surface area contributed by atoms with Crippen LogP contribution in [-0.2, 0) is 16.0 Å². The molecule has 1 aliphatic rings. The average molecular weight is 458 g/mol. The van der Waals surface area contributed by atoms with Crippen molar-refractivity contribution in [2.45, 2.75) is 19.4 Å². The van der Waals surface area contributed by atoms with Crippen LogP contribution in [0.25, 0.3) is 5.76 Å². The number of carbonyl (C=O) groups excluding carboxylic acids is 2. The summed E-state index contributed by atoms with van der Waals surface area (Å²) >= 11 is 0. The van der Waals surface area contributed by atoms with Crippen LogP contribution in [0.5, 0.6) is 11.5 Å². The first kappa shape index (κ1) is 23.1. The summed E-state index contributed by atoms with van der Waals surface area (Å²) in [6.07, 6.45) is 0.581. The number of likely N-dealkylation sites (tertiary alicyclic amines) is 1. The van der Waals surface area contributed by atoms with E-state index < -0.39 is 17.7 Å². The number of ketones is 1. The van der Waals surface area contributed by atoms with E-state index in [0.29, 0.717) is 42.2 Å². The number of Topliss-reactive ketones (excluding diaryl/α,β-unsaturated/α-hetero) is 1. The van der Waals surface area contributed by atoms with E-state index >= 15 is 0 Å². The summed E-state index contributed by atoms with van der Waals surface area (Å²) in [5.41, 5.74) is 2.26. The third-order valence-electron chi connectivity index (χ3n) is 5.87. The fraction of sp³-hybridized carbons (Fsp3) is 0.214. The number of nitrogens with zero attached hydrogens (tertiary/aromatic N) is 1. The summed E-state index contributed by atoms with van der Waals surface area (Å²) in [7, 11) is 1.55. The zero-order valence-corrected chi connectivity index (χ0v) is 19.2. The molecule has 1 N–H and O–H groups in total. The SMILES string of the molecule is CCOc1cccc(C2C(=C(O)c3ccc(OC)cc3)C(=O)C(=O)N2CCc2ccccc2)c1. The standard InChI is InChI=1S/C28H27NO5/c1-3-34-23-11-7-10-21(18-23)25-24(26(30)20-12-14-22(33-2)15-13-20)27(31)28(32)29(25)17-16-19-8-5-4-6-9-19/h4-15,18,25,30H,3,16-17H2,1-2H3. The maximum atomic E-state index is 13.2. The molecule has 1 heterocycles. The Bertz CT molecular complexity index is 1200. The molecule has 0 radical (unpaired) electrons. The van der Waals surface area contributed by atoms with Gasteiger partial charge >= 0.3 is 0 Å². The van der Waals surface area contributed by atoms with Crippen molar-refractivity contribution in [3.05, 3.63) is 101 Å². The molecule has 4 rings (SSSR count). The second-order valence-corrected chi connectivity index (χ2v) is 7.96. The fourth-order valence-corrected chi connectivity index (χ4v) is 4.20. The summed E-state index contributed by atoms with van der Waals surface area (Å²) in [5, 5.41) is 11.2. The molecule has 0 saturated carbocycles. The van der Waals surface area contributed by atoms with Gasteiger partial charge in [-0.05, 0) is 60.9 Å². The molecule has 1 amide bonds. The van der Waals surface area contributed by atoms with Crippen LogP contribution in [0.4, 0.5) is 0 Å². The first-order valence-corrected chi connectivity index (χ1v) is 11.2. The predicted molar refractivity (Wildman–Crippen MR) is 130 cm³/mol. The maximum Gasteiger partial charge on any atom is 0.295 e. The van der Waals surface area contributed by atoms with Crippen LogP contribution in [0.3, 0.4) is 0 Å².